The maximum Gasteiger partial charge on any atom is 0.434 e. The Bertz CT molecular complexity index is 1050. The van der Waals surface area contributed by atoms with Crippen molar-refractivity contribution in [3.8, 4) is 0 Å². The summed E-state index contributed by atoms with van der Waals surface area (Å²) in [4.78, 5) is 18.1. The van der Waals surface area contributed by atoms with E-state index in [0.29, 0.717) is 11.4 Å². The van der Waals surface area contributed by atoms with Crippen LogP contribution in [0.4, 0.5) is 19.0 Å². The number of nitrogens with zero attached hydrogens (tertiary/aromatic N) is 4. The predicted octanol–water partition coefficient (Wildman–Crippen LogP) is 4.30. The first-order valence-corrected chi connectivity index (χ1v) is 10.6. The summed E-state index contributed by atoms with van der Waals surface area (Å²) in [6, 6.07) is 5.35. The van der Waals surface area contributed by atoms with Crippen molar-refractivity contribution in [2.24, 2.45) is 0 Å². The van der Waals surface area contributed by atoms with E-state index in [0.717, 1.165) is 37.6 Å². The fourth-order valence-corrected chi connectivity index (χ4v) is 4.68. The molecule has 0 saturated heterocycles. The first-order valence-electron chi connectivity index (χ1n) is 9.74. The van der Waals surface area contributed by atoms with Crippen LogP contribution in [0, 0.1) is 6.92 Å². The van der Waals surface area contributed by atoms with Gasteiger partial charge in [0.05, 0.1) is 11.3 Å². The molecule has 1 fully saturated rings. The fourth-order valence-electron chi connectivity index (χ4n) is 3.99. The van der Waals surface area contributed by atoms with Crippen molar-refractivity contribution >= 4 is 28.9 Å². The van der Waals surface area contributed by atoms with Crippen LogP contribution in [-0.2, 0) is 6.18 Å². The second-order valence-electron chi connectivity index (χ2n) is 7.64. The van der Waals surface area contributed by atoms with Gasteiger partial charge in [-0.25, -0.2) is 4.98 Å². The number of aromatic nitrogens is 3. The highest BCUT2D eigenvalue weighted by Crippen LogP contribution is 2.31. The Labute approximate surface area is 175 Å². The lowest BCUT2D eigenvalue weighted by Gasteiger charge is -2.36. The number of rotatable bonds is 4. The maximum atomic E-state index is 13.1. The first kappa shape index (κ1) is 20.6. The zero-order valence-electron chi connectivity index (χ0n) is 16.6. The van der Waals surface area contributed by atoms with Gasteiger partial charge in [-0.05, 0) is 56.3 Å². The zero-order valence-corrected chi connectivity index (χ0v) is 17.4. The third-order valence-corrected chi connectivity index (χ3v) is 6.42. The Morgan fingerprint density at radius 1 is 1.27 bits per heavy atom. The average Bonchev–Trinajstić information content (AvgIpc) is 3.33. The number of hydrogen-bond donors (Lipinski definition) is 1. The molecule has 1 amide bonds. The van der Waals surface area contributed by atoms with Gasteiger partial charge in [-0.3, -0.25) is 9.20 Å². The summed E-state index contributed by atoms with van der Waals surface area (Å²) < 4.78 is 44.8. The first-order chi connectivity index (χ1) is 14.2. The molecule has 30 heavy (non-hydrogen) atoms. The monoisotopic (exact) mass is 437 g/mol. The number of hydrogen-bond acceptors (Lipinski definition) is 5. The molecule has 1 saturated carbocycles. The number of imidazole rings is 1. The minimum atomic E-state index is -4.48. The highest BCUT2D eigenvalue weighted by atomic mass is 32.1. The standard InChI is InChI=1S/C20H22F3N5OS/c1-12-15(11-30-26-12)19(29)24-13-6-8-14(9-7-13)27(2)18-5-3-4-17-25-16(10-28(17)18)20(21,22)23/h3-5,10-11,13-14H,6-9H2,1-2H3,(H,24,29)/t13-,14+. The van der Waals surface area contributed by atoms with E-state index in [4.69, 9.17) is 0 Å². The Morgan fingerprint density at radius 3 is 2.63 bits per heavy atom. The van der Waals surface area contributed by atoms with Crippen molar-refractivity contribution in [1.29, 1.82) is 0 Å². The SMILES string of the molecule is Cc1nscc1C(=O)N[C@H]1CC[C@@H](N(C)c2cccc3nc(C(F)(F)F)cn23)CC1. The van der Waals surface area contributed by atoms with Crippen LogP contribution in [0.25, 0.3) is 5.65 Å². The minimum absolute atomic E-state index is 0.0855. The molecule has 1 aliphatic rings. The molecule has 0 bridgehead atoms. The summed E-state index contributed by atoms with van der Waals surface area (Å²) in [5.41, 5.74) is 0.726. The van der Waals surface area contributed by atoms with Gasteiger partial charge >= 0.3 is 6.18 Å². The molecule has 160 valence electrons. The quantitative estimate of drug-likeness (QED) is 0.661. The largest absolute Gasteiger partial charge is 0.434 e. The molecular formula is C20H22F3N5OS. The van der Waals surface area contributed by atoms with Gasteiger partial charge in [0.25, 0.3) is 5.91 Å². The van der Waals surface area contributed by atoms with E-state index in [2.05, 4.69) is 14.7 Å². The highest BCUT2D eigenvalue weighted by molar-refractivity contribution is 7.03. The molecule has 0 radical (unpaired) electrons. The Morgan fingerprint density at radius 2 is 2.00 bits per heavy atom. The molecule has 1 N–H and O–H groups in total. The summed E-state index contributed by atoms with van der Waals surface area (Å²) in [5, 5.41) is 4.83. The lowest BCUT2D eigenvalue weighted by molar-refractivity contribution is -0.140. The Kier molecular flexibility index (Phi) is 5.44. The summed E-state index contributed by atoms with van der Waals surface area (Å²) in [6.07, 6.45) is -0.145. The smallest absolute Gasteiger partial charge is 0.358 e. The van der Waals surface area contributed by atoms with E-state index >= 15 is 0 Å². The second-order valence-corrected chi connectivity index (χ2v) is 8.27. The highest BCUT2D eigenvalue weighted by Gasteiger charge is 2.34. The predicted molar refractivity (Wildman–Crippen MR) is 109 cm³/mol. The van der Waals surface area contributed by atoms with E-state index in [1.54, 1.807) is 23.6 Å². The van der Waals surface area contributed by atoms with Crippen molar-refractivity contribution < 1.29 is 18.0 Å². The molecule has 0 spiro atoms. The molecule has 4 rings (SSSR count). The summed E-state index contributed by atoms with van der Waals surface area (Å²) in [6.45, 7) is 1.82. The molecule has 6 nitrogen and oxygen atoms in total. The van der Waals surface area contributed by atoms with Gasteiger partial charge in [0.15, 0.2) is 5.69 Å². The van der Waals surface area contributed by atoms with Crippen LogP contribution in [0.5, 0.6) is 0 Å². The average molecular weight is 437 g/mol. The van der Waals surface area contributed by atoms with Gasteiger partial charge in [0.1, 0.15) is 11.5 Å². The number of anilines is 1. The number of aryl methyl sites for hydroxylation is 1. The topological polar surface area (TPSA) is 62.5 Å². The lowest BCUT2D eigenvalue weighted by Crippen LogP contribution is -2.43. The molecular weight excluding hydrogens is 415 g/mol. The number of nitrogens with one attached hydrogen (secondary N) is 1. The molecule has 3 heterocycles. The van der Waals surface area contributed by atoms with E-state index < -0.39 is 11.9 Å². The number of carbonyl (C=O) groups excluding carboxylic acids is 1. The minimum Gasteiger partial charge on any atom is -0.358 e. The molecule has 3 aromatic rings. The van der Waals surface area contributed by atoms with Crippen LogP contribution >= 0.6 is 11.5 Å². The van der Waals surface area contributed by atoms with Gasteiger partial charge < -0.3 is 10.2 Å². The van der Waals surface area contributed by atoms with Crippen molar-refractivity contribution in [3.63, 3.8) is 0 Å². The number of pyridine rings is 1. The normalized spacial score (nSPS) is 19.8. The Hall–Kier alpha value is -2.62. The van der Waals surface area contributed by atoms with E-state index in [9.17, 15) is 18.0 Å². The van der Waals surface area contributed by atoms with Crippen molar-refractivity contribution in [2.45, 2.75) is 50.9 Å². The number of fused-ring (bicyclic) bond motifs is 1. The Balaban J connectivity index is 1.43. The summed E-state index contributed by atoms with van der Waals surface area (Å²) in [5.74, 6) is 0.573. The molecule has 0 aliphatic heterocycles. The lowest BCUT2D eigenvalue weighted by atomic mass is 9.90. The van der Waals surface area contributed by atoms with E-state index in [1.165, 1.54) is 15.9 Å². The third-order valence-electron chi connectivity index (χ3n) is 5.70. The van der Waals surface area contributed by atoms with E-state index in [-0.39, 0.29) is 23.6 Å². The fraction of sp³-hybridized carbons (Fsp3) is 0.450. The van der Waals surface area contributed by atoms with Gasteiger partial charge in [-0.15, -0.1) is 0 Å². The van der Waals surface area contributed by atoms with Gasteiger partial charge in [0.2, 0.25) is 0 Å². The van der Waals surface area contributed by atoms with Gasteiger partial charge in [0, 0.05) is 30.7 Å². The molecule has 0 aromatic carbocycles. The van der Waals surface area contributed by atoms with Gasteiger partial charge in [-0.1, -0.05) is 6.07 Å². The van der Waals surface area contributed by atoms with Crippen LogP contribution in [0.1, 0.15) is 47.4 Å². The van der Waals surface area contributed by atoms with Crippen LogP contribution < -0.4 is 10.2 Å². The summed E-state index contributed by atoms with van der Waals surface area (Å²) >= 11 is 1.27. The summed E-state index contributed by atoms with van der Waals surface area (Å²) in [7, 11) is 1.89. The van der Waals surface area contributed by atoms with Crippen LogP contribution in [0.15, 0.2) is 29.8 Å². The number of halogens is 3. The van der Waals surface area contributed by atoms with Crippen LogP contribution in [-0.4, -0.2) is 38.8 Å². The van der Waals surface area contributed by atoms with Crippen molar-refractivity contribution in [2.75, 3.05) is 11.9 Å². The molecule has 0 atom stereocenters. The maximum absolute atomic E-state index is 13.1. The third kappa shape index (κ3) is 4.00. The number of alkyl halides is 3. The zero-order chi connectivity index (χ0) is 21.5. The molecule has 3 aromatic heterocycles. The molecule has 0 unspecified atom stereocenters. The number of carbonyl (C=O) groups is 1. The van der Waals surface area contributed by atoms with Crippen molar-refractivity contribution in [3.05, 3.63) is 46.7 Å². The second kappa shape index (κ2) is 7.90. The number of amides is 1. The van der Waals surface area contributed by atoms with Crippen LogP contribution in [0.3, 0.4) is 0 Å². The molecule has 1 aliphatic carbocycles. The van der Waals surface area contributed by atoms with Crippen molar-refractivity contribution in [1.82, 2.24) is 19.1 Å². The molecule has 10 heteroatoms. The van der Waals surface area contributed by atoms with E-state index in [1.807, 2.05) is 18.9 Å². The van der Waals surface area contributed by atoms with Gasteiger partial charge in [-0.2, -0.15) is 17.5 Å². The van der Waals surface area contributed by atoms with Crippen LogP contribution in [0.2, 0.25) is 0 Å².